The third-order valence-corrected chi connectivity index (χ3v) is 2.63. The number of benzene rings is 1. The number of aliphatic hydroxyl groups is 1. The van der Waals surface area contributed by atoms with E-state index in [-0.39, 0.29) is 6.61 Å². The Bertz CT molecular complexity index is 516. The van der Waals surface area contributed by atoms with Crippen LogP contribution in [0.2, 0.25) is 0 Å². The molecule has 1 heterocycles. The Morgan fingerprint density at radius 1 is 1.47 bits per heavy atom. The second kappa shape index (κ2) is 5.01. The summed E-state index contributed by atoms with van der Waals surface area (Å²) in [7, 11) is 0. The van der Waals surface area contributed by atoms with Gasteiger partial charge in [0, 0.05) is 23.5 Å². The maximum atomic E-state index is 11.1. The molecule has 2 aromatic rings. The third-order valence-electron chi connectivity index (χ3n) is 2.63. The number of carbonyl (C=O) groups excluding carboxylic acids is 1. The van der Waals surface area contributed by atoms with Gasteiger partial charge in [0.1, 0.15) is 6.10 Å². The first kappa shape index (κ1) is 11.7. The SMILES string of the molecule is C[C@@H](O)C(=O)OCCc1c[nH]c2ccccc12. The van der Waals surface area contributed by atoms with Gasteiger partial charge < -0.3 is 14.8 Å². The molecule has 4 nitrogen and oxygen atoms in total. The van der Waals surface area contributed by atoms with Gasteiger partial charge in [0.25, 0.3) is 0 Å². The second-order valence-electron chi connectivity index (χ2n) is 3.95. The van der Waals surface area contributed by atoms with Crippen LogP contribution in [0.1, 0.15) is 12.5 Å². The second-order valence-corrected chi connectivity index (χ2v) is 3.95. The fourth-order valence-corrected chi connectivity index (χ4v) is 1.72. The zero-order chi connectivity index (χ0) is 12.3. The van der Waals surface area contributed by atoms with Crippen LogP contribution in [0.4, 0.5) is 0 Å². The summed E-state index contributed by atoms with van der Waals surface area (Å²) >= 11 is 0. The Hall–Kier alpha value is -1.81. The number of ether oxygens (including phenoxy) is 1. The van der Waals surface area contributed by atoms with Gasteiger partial charge in [0.2, 0.25) is 0 Å². The number of hydrogen-bond donors (Lipinski definition) is 2. The Morgan fingerprint density at radius 2 is 2.24 bits per heavy atom. The lowest BCUT2D eigenvalue weighted by atomic mass is 10.1. The summed E-state index contributed by atoms with van der Waals surface area (Å²) in [4.78, 5) is 14.2. The van der Waals surface area contributed by atoms with E-state index < -0.39 is 12.1 Å². The van der Waals surface area contributed by atoms with Crippen LogP contribution < -0.4 is 0 Å². The van der Waals surface area contributed by atoms with E-state index in [0.29, 0.717) is 6.42 Å². The van der Waals surface area contributed by atoms with Gasteiger partial charge >= 0.3 is 5.97 Å². The molecule has 2 N–H and O–H groups in total. The molecule has 0 aliphatic heterocycles. The molecule has 0 fully saturated rings. The number of nitrogens with one attached hydrogen (secondary N) is 1. The Morgan fingerprint density at radius 3 is 3.00 bits per heavy atom. The van der Waals surface area contributed by atoms with Crippen LogP contribution in [0, 0.1) is 0 Å². The predicted molar refractivity (Wildman–Crippen MR) is 64.6 cm³/mol. The average molecular weight is 233 g/mol. The van der Waals surface area contributed by atoms with E-state index in [9.17, 15) is 4.79 Å². The zero-order valence-corrected chi connectivity index (χ0v) is 9.64. The molecule has 0 saturated carbocycles. The average Bonchev–Trinajstić information content (AvgIpc) is 2.72. The molecular formula is C13H15NO3. The van der Waals surface area contributed by atoms with Gasteiger partial charge in [0.05, 0.1) is 6.61 Å². The normalized spacial score (nSPS) is 12.6. The van der Waals surface area contributed by atoms with Gasteiger partial charge in [-0.25, -0.2) is 4.79 Å². The van der Waals surface area contributed by atoms with Gasteiger partial charge in [-0.15, -0.1) is 0 Å². The van der Waals surface area contributed by atoms with E-state index in [1.165, 1.54) is 6.92 Å². The lowest BCUT2D eigenvalue weighted by Crippen LogP contribution is -2.20. The number of hydrogen-bond acceptors (Lipinski definition) is 3. The molecule has 1 aromatic heterocycles. The van der Waals surface area contributed by atoms with Crippen molar-refractivity contribution in [3.05, 3.63) is 36.0 Å². The Balaban J connectivity index is 1.98. The molecule has 1 atom stereocenters. The smallest absolute Gasteiger partial charge is 0.334 e. The molecule has 0 aliphatic rings. The van der Waals surface area contributed by atoms with Gasteiger partial charge in [0.15, 0.2) is 0 Å². The molecule has 0 radical (unpaired) electrons. The largest absolute Gasteiger partial charge is 0.463 e. The van der Waals surface area contributed by atoms with Crippen molar-refractivity contribution >= 4 is 16.9 Å². The summed E-state index contributed by atoms with van der Waals surface area (Å²) in [5.74, 6) is -0.579. The highest BCUT2D eigenvalue weighted by Crippen LogP contribution is 2.17. The molecule has 17 heavy (non-hydrogen) atoms. The fourth-order valence-electron chi connectivity index (χ4n) is 1.72. The molecule has 2 rings (SSSR count). The van der Waals surface area contributed by atoms with Crippen molar-refractivity contribution in [3.63, 3.8) is 0 Å². The lowest BCUT2D eigenvalue weighted by molar-refractivity contribution is -0.152. The molecule has 1 aromatic carbocycles. The molecular weight excluding hydrogens is 218 g/mol. The topological polar surface area (TPSA) is 62.3 Å². The number of carbonyl (C=O) groups is 1. The summed E-state index contributed by atoms with van der Waals surface area (Å²) in [5, 5.41) is 10.1. The standard InChI is InChI=1S/C13H15NO3/c1-9(15)13(16)17-7-6-10-8-14-12-5-3-2-4-11(10)12/h2-5,8-9,14-15H,6-7H2,1H3/t9-/m1/s1. The van der Waals surface area contributed by atoms with E-state index in [1.807, 2.05) is 30.5 Å². The van der Waals surface area contributed by atoms with Crippen LogP contribution in [0.3, 0.4) is 0 Å². The quantitative estimate of drug-likeness (QED) is 0.789. The molecule has 0 aliphatic carbocycles. The third kappa shape index (κ3) is 2.65. The summed E-state index contributed by atoms with van der Waals surface area (Å²) in [6.07, 6.45) is 1.50. The van der Waals surface area contributed by atoms with Crippen LogP contribution in [0.25, 0.3) is 10.9 Å². The number of fused-ring (bicyclic) bond motifs is 1. The van der Waals surface area contributed by atoms with Crippen molar-refractivity contribution in [1.29, 1.82) is 0 Å². The van der Waals surface area contributed by atoms with E-state index >= 15 is 0 Å². The van der Waals surface area contributed by atoms with Crippen LogP contribution in [-0.2, 0) is 16.0 Å². The van der Waals surface area contributed by atoms with Gasteiger partial charge in [-0.1, -0.05) is 18.2 Å². The number of rotatable bonds is 4. The van der Waals surface area contributed by atoms with Crippen LogP contribution in [0.15, 0.2) is 30.5 Å². The summed E-state index contributed by atoms with van der Waals surface area (Å²) in [5.41, 5.74) is 2.18. The molecule has 0 saturated heterocycles. The van der Waals surface area contributed by atoms with Crippen molar-refractivity contribution in [1.82, 2.24) is 4.98 Å². The number of esters is 1. The summed E-state index contributed by atoms with van der Waals surface area (Å²) < 4.78 is 4.92. The molecule has 0 unspecified atom stereocenters. The van der Waals surface area contributed by atoms with Gasteiger partial charge in [-0.3, -0.25) is 0 Å². The predicted octanol–water partition coefficient (Wildman–Crippen LogP) is 1.63. The van der Waals surface area contributed by atoms with E-state index in [2.05, 4.69) is 4.98 Å². The highest BCUT2D eigenvalue weighted by atomic mass is 16.5. The highest BCUT2D eigenvalue weighted by Gasteiger charge is 2.10. The minimum Gasteiger partial charge on any atom is -0.463 e. The first-order chi connectivity index (χ1) is 8.18. The fraction of sp³-hybridized carbons (Fsp3) is 0.308. The minimum absolute atomic E-state index is 0.283. The van der Waals surface area contributed by atoms with Crippen molar-refractivity contribution in [3.8, 4) is 0 Å². The highest BCUT2D eigenvalue weighted by molar-refractivity contribution is 5.83. The maximum Gasteiger partial charge on any atom is 0.334 e. The molecule has 0 bridgehead atoms. The number of H-pyrrole nitrogens is 1. The number of aliphatic hydroxyl groups excluding tert-OH is 1. The Kier molecular flexibility index (Phi) is 3.44. The first-order valence-corrected chi connectivity index (χ1v) is 5.58. The van der Waals surface area contributed by atoms with Crippen LogP contribution in [-0.4, -0.2) is 28.8 Å². The van der Waals surface area contributed by atoms with Crippen molar-refractivity contribution in [2.24, 2.45) is 0 Å². The summed E-state index contributed by atoms with van der Waals surface area (Å²) in [6, 6.07) is 7.97. The number of aromatic nitrogens is 1. The van der Waals surface area contributed by atoms with Crippen LogP contribution in [0.5, 0.6) is 0 Å². The summed E-state index contributed by atoms with van der Waals surface area (Å²) in [6.45, 7) is 1.68. The molecule has 4 heteroatoms. The van der Waals surface area contributed by atoms with Crippen molar-refractivity contribution in [2.45, 2.75) is 19.4 Å². The maximum absolute atomic E-state index is 11.1. The number of aromatic amines is 1. The van der Waals surface area contributed by atoms with Crippen molar-refractivity contribution in [2.75, 3.05) is 6.61 Å². The number of para-hydroxylation sites is 1. The van der Waals surface area contributed by atoms with E-state index in [4.69, 9.17) is 9.84 Å². The van der Waals surface area contributed by atoms with Gasteiger partial charge in [-0.05, 0) is 18.6 Å². The van der Waals surface area contributed by atoms with Crippen molar-refractivity contribution < 1.29 is 14.6 Å². The van der Waals surface area contributed by atoms with E-state index in [1.54, 1.807) is 0 Å². The minimum atomic E-state index is -1.06. The molecule has 90 valence electrons. The zero-order valence-electron chi connectivity index (χ0n) is 9.64. The lowest BCUT2D eigenvalue weighted by Gasteiger charge is -2.05. The Labute approximate surface area is 99.2 Å². The first-order valence-electron chi connectivity index (χ1n) is 5.58. The molecule has 0 amide bonds. The van der Waals surface area contributed by atoms with Crippen LogP contribution >= 0.6 is 0 Å². The van der Waals surface area contributed by atoms with E-state index in [0.717, 1.165) is 16.5 Å². The van der Waals surface area contributed by atoms with Gasteiger partial charge in [-0.2, -0.15) is 0 Å². The monoisotopic (exact) mass is 233 g/mol. The molecule has 0 spiro atoms.